The van der Waals surface area contributed by atoms with E-state index >= 15 is 0 Å². The van der Waals surface area contributed by atoms with Gasteiger partial charge in [-0.15, -0.1) is 0 Å². The Morgan fingerprint density at radius 3 is 2.10 bits per heavy atom. The summed E-state index contributed by atoms with van der Waals surface area (Å²) in [4.78, 5) is 26.0. The Kier molecular flexibility index (Phi) is 8.84. The van der Waals surface area contributed by atoms with Gasteiger partial charge < -0.3 is 19.9 Å². The minimum Gasteiger partial charge on any atom is -0.367 e. The number of rotatable bonds is 10. The first-order chi connectivity index (χ1) is 20.3. The Morgan fingerprint density at radius 1 is 0.762 bits per heavy atom. The van der Waals surface area contributed by atoms with E-state index in [1.54, 1.807) is 0 Å². The average molecular weight is 560 g/mol. The van der Waals surface area contributed by atoms with E-state index < -0.39 is 0 Å². The van der Waals surface area contributed by atoms with E-state index in [1.165, 1.54) is 5.56 Å². The Morgan fingerprint density at radius 2 is 1.43 bits per heavy atom. The number of hydrogen-bond acceptors (Lipinski definition) is 3. The van der Waals surface area contributed by atoms with E-state index in [4.69, 9.17) is 4.74 Å². The van der Waals surface area contributed by atoms with E-state index in [0.717, 1.165) is 27.6 Å². The molecule has 1 aromatic heterocycles. The van der Waals surface area contributed by atoms with Gasteiger partial charge in [-0.25, -0.2) is 0 Å². The van der Waals surface area contributed by atoms with Crippen LogP contribution in [-0.2, 0) is 34.6 Å². The van der Waals surface area contributed by atoms with E-state index in [2.05, 4.69) is 55.7 Å². The summed E-state index contributed by atoms with van der Waals surface area (Å²) in [6.07, 6.45) is 0. The number of carbonyl (C=O) groups is 2. The van der Waals surface area contributed by atoms with Gasteiger partial charge >= 0.3 is 0 Å². The lowest BCUT2D eigenvalue weighted by atomic mass is 9.87. The van der Waals surface area contributed by atoms with Crippen LogP contribution in [0.2, 0.25) is 0 Å². The van der Waals surface area contributed by atoms with Crippen molar-refractivity contribution in [3.05, 3.63) is 137 Å². The number of amides is 2. The van der Waals surface area contributed by atoms with Crippen molar-refractivity contribution in [3.63, 3.8) is 0 Å². The lowest BCUT2D eigenvalue weighted by Gasteiger charge is -2.19. The maximum absolute atomic E-state index is 13.5. The largest absolute Gasteiger partial charge is 0.367 e. The molecule has 2 amide bonds. The minimum absolute atomic E-state index is 0.0500. The van der Waals surface area contributed by atoms with Crippen molar-refractivity contribution >= 4 is 28.4 Å². The summed E-state index contributed by atoms with van der Waals surface area (Å²) >= 11 is 0. The number of hydrogen-bond donors (Lipinski definition) is 2. The molecule has 42 heavy (non-hydrogen) atoms. The van der Waals surface area contributed by atoms with Crippen LogP contribution in [0.15, 0.2) is 109 Å². The second-order valence-electron chi connectivity index (χ2n) is 11.5. The molecule has 0 saturated carbocycles. The second-order valence-corrected chi connectivity index (χ2v) is 11.5. The number of benzene rings is 4. The molecule has 0 aliphatic rings. The molecule has 0 radical (unpaired) electrons. The molecule has 0 spiro atoms. The van der Waals surface area contributed by atoms with Gasteiger partial charge in [0, 0.05) is 29.7 Å². The fourth-order valence-corrected chi connectivity index (χ4v) is 4.90. The summed E-state index contributed by atoms with van der Waals surface area (Å²) in [7, 11) is 0. The van der Waals surface area contributed by atoms with Crippen LogP contribution >= 0.6 is 0 Å². The van der Waals surface area contributed by atoms with Gasteiger partial charge in [-0.3, -0.25) is 9.59 Å². The predicted octanol–water partition coefficient (Wildman–Crippen LogP) is 7.07. The van der Waals surface area contributed by atoms with E-state index in [-0.39, 0.29) is 23.8 Å². The standard InChI is InChI=1S/C36H37N3O3/c1-36(2,3)30-16-14-27(15-17-30)23-39-32-19-18-31(38-34(40)25-42-24-28-12-8-5-9-13-28)20-29(32)21-33(39)35(41)37-22-26-10-6-4-7-11-26/h4-21H,22-25H2,1-3H3,(H,37,41)(H,38,40). The summed E-state index contributed by atoms with van der Waals surface area (Å²) in [6.45, 7) is 7.89. The molecule has 0 bridgehead atoms. The van der Waals surface area contributed by atoms with Gasteiger partial charge in [0.2, 0.25) is 5.91 Å². The van der Waals surface area contributed by atoms with E-state index in [0.29, 0.717) is 31.1 Å². The minimum atomic E-state index is -0.232. The summed E-state index contributed by atoms with van der Waals surface area (Å²) in [5, 5.41) is 6.86. The highest BCUT2D eigenvalue weighted by atomic mass is 16.5. The van der Waals surface area contributed by atoms with Crippen LogP contribution in [0, 0.1) is 0 Å². The molecule has 2 N–H and O–H groups in total. The fraction of sp³-hybridized carbons (Fsp3) is 0.222. The van der Waals surface area contributed by atoms with Crippen molar-refractivity contribution in [2.75, 3.05) is 11.9 Å². The zero-order valence-electron chi connectivity index (χ0n) is 24.4. The molecule has 4 aromatic carbocycles. The number of ether oxygens (including phenoxy) is 1. The normalized spacial score (nSPS) is 11.4. The quantitative estimate of drug-likeness (QED) is 0.192. The number of carbonyl (C=O) groups excluding carboxylic acids is 2. The molecule has 0 aliphatic carbocycles. The lowest BCUT2D eigenvalue weighted by molar-refractivity contribution is -0.121. The first kappa shape index (κ1) is 28.8. The Bertz CT molecular complexity index is 1650. The SMILES string of the molecule is CC(C)(C)c1ccc(Cn2c(C(=O)NCc3ccccc3)cc3cc(NC(=O)COCc4ccccc4)ccc32)cc1. The molecular weight excluding hydrogens is 522 g/mol. The van der Waals surface area contributed by atoms with Gasteiger partial charge in [0.1, 0.15) is 12.3 Å². The van der Waals surface area contributed by atoms with Crippen molar-refractivity contribution in [1.29, 1.82) is 0 Å². The van der Waals surface area contributed by atoms with Crippen molar-refractivity contribution in [2.24, 2.45) is 0 Å². The highest BCUT2D eigenvalue weighted by molar-refractivity contribution is 6.00. The van der Waals surface area contributed by atoms with Gasteiger partial charge in [-0.2, -0.15) is 0 Å². The number of fused-ring (bicyclic) bond motifs is 1. The molecule has 5 rings (SSSR count). The molecule has 214 valence electrons. The summed E-state index contributed by atoms with van der Waals surface area (Å²) in [5.41, 5.74) is 6.61. The number of aromatic nitrogens is 1. The molecule has 5 aromatic rings. The van der Waals surface area contributed by atoms with Gasteiger partial charge in [-0.05, 0) is 51.9 Å². The Hall–Kier alpha value is -4.68. The highest BCUT2D eigenvalue weighted by Gasteiger charge is 2.18. The fourth-order valence-electron chi connectivity index (χ4n) is 4.90. The maximum atomic E-state index is 13.5. The molecule has 1 heterocycles. The van der Waals surface area contributed by atoms with Crippen LogP contribution in [0.5, 0.6) is 0 Å². The van der Waals surface area contributed by atoms with E-state index in [1.807, 2.05) is 89.5 Å². The van der Waals surface area contributed by atoms with Crippen LogP contribution in [-0.4, -0.2) is 23.0 Å². The summed E-state index contributed by atoms with van der Waals surface area (Å²) in [6, 6.07) is 35.8. The van der Waals surface area contributed by atoms with Crippen molar-refractivity contribution in [1.82, 2.24) is 9.88 Å². The highest BCUT2D eigenvalue weighted by Crippen LogP contribution is 2.27. The molecular formula is C36H37N3O3. The van der Waals surface area contributed by atoms with Crippen LogP contribution in [0.25, 0.3) is 10.9 Å². The first-order valence-electron chi connectivity index (χ1n) is 14.2. The third-order valence-electron chi connectivity index (χ3n) is 7.22. The van der Waals surface area contributed by atoms with Crippen LogP contribution in [0.1, 0.15) is 53.5 Å². The van der Waals surface area contributed by atoms with Crippen molar-refractivity contribution in [2.45, 2.75) is 45.9 Å². The zero-order valence-corrected chi connectivity index (χ0v) is 24.4. The molecule has 6 nitrogen and oxygen atoms in total. The van der Waals surface area contributed by atoms with Crippen molar-refractivity contribution < 1.29 is 14.3 Å². The van der Waals surface area contributed by atoms with Gasteiger partial charge in [0.15, 0.2) is 0 Å². The van der Waals surface area contributed by atoms with E-state index in [9.17, 15) is 9.59 Å². The molecule has 0 fully saturated rings. The summed E-state index contributed by atoms with van der Waals surface area (Å²) < 4.78 is 7.62. The molecule has 0 unspecified atom stereocenters. The molecule has 0 atom stereocenters. The average Bonchev–Trinajstić information content (AvgIpc) is 3.34. The zero-order chi connectivity index (χ0) is 29.5. The van der Waals surface area contributed by atoms with Crippen LogP contribution in [0.3, 0.4) is 0 Å². The maximum Gasteiger partial charge on any atom is 0.268 e. The topological polar surface area (TPSA) is 72.4 Å². The van der Waals surface area contributed by atoms with Crippen LogP contribution < -0.4 is 10.6 Å². The lowest BCUT2D eigenvalue weighted by Crippen LogP contribution is -2.25. The molecule has 6 heteroatoms. The Labute approximate surface area is 247 Å². The predicted molar refractivity (Wildman–Crippen MR) is 169 cm³/mol. The molecule has 0 aliphatic heterocycles. The molecule has 0 saturated heterocycles. The van der Waals surface area contributed by atoms with Gasteiger partial charge in [0.25, 0.3) is 5.91 Å². The third kappa shape index (κ3) is 7.33. The first-order valence-corrected chi connectivity index (χ1v) is 14.2. The van der Waals surface area contributed by atoms with Crippen LogP contribution in [0.4, 0.5) is 5.69 Å². The smallest absolute Gasteiger partial charge is 0.268 e. The second kappa shape index (κ2) is 12.9. The summed E-state index contributed by atoms with van der Waals surface area (Å²) in [5.74, 6) is -0.384. The number of anilines is 1. The third-order valence-corrected chi connectivity index (χ3v) is 7.22. The Balaban J connectivity index is 1.35. The van der Waals surface area contributed by atoms with Gasteiger partial charge in [-0.1, -0.05) is 106 Å². The monoisotopic (exact) mass is 559 g/mol. The van der Waals surface area contributed by atoms with Crippen molar-refractivity contribution in [3.8, 4) is 0 Å². The van der Waals surface area contributed by atoms with Gasteiger partial charge in [0.05, 0.1) is 6.61 Å². The number of nitrogens with zero attached hydrogens (tertiary/aromatic N) is 1. The number of nitrogens with one attached hydrogen (secondary N) is 2.